The molecule has 0 bridgehead atoms. The molecule has 0 heterocycles. The molecule has 15 heavy (non-hydrogen) atoms. The van der Waals surface area contributed by atoms with Crippen LogP contribution in [-0.4, -0.2) is 13.1 Å². The summed E-state index contributed by atoms with van der Waals surface area (Å²) in [6.45, 7) is 3.35. The number of hydrogen-bond acceptors (Lipinski definition) is 3. The minimum atomic E-state index is -0.668. The summed E-state index contributed by atoms with van der Waals surface area (Å²) in [6, 6.07) is 2.37. The van der Waals surface area contributed by atoms with Crippen LogP contribution in [0.15, 0.2) is 29.4 Å². The second kappa shape index (κ2) is 4.93. The topological polar surface area (TPSA) is 35.5 Å². The summed E-state index contributed by atoms with van der Waals surface area (Å²) in [5.74, 6) is -1.05. The molecule has 0 aliphatic carbocycles. The summed E-state index contributed by atoms with van der Waals surface area (Å²) in [7, 11) is 1.21. The maximum Gasteiger partial charge on any atom is 0.341 e. The quantitative estimate of drug-likeness (QED) is 0.628. The molecule has 80 valence electrons. The van der Waals surface area contributed by atoms with Crippen molar-refractivity contribution in [3.8, 4) is 5.75 Å². The third-order valence-corrected chi connectivity index (χ3v) is 2.25. The van der Waals surface area contributed by atoms with Crippen molar-refractivity contribution < 1.29 is 18.7 Å². The van der Waals surface area contributed by atoms with Gasteiger partial charge in [0.15, 0.2) is 0 Å². The molecule has 1 aromatic rings. The summed E-state index contributed by atoms with van der Waals surface area (Å²) in [5, 5.41) is 0. The van der Waals surface area contributed by atoms with Gasteiger partial charge in [-0.05, 0) is 28.1 Å². The van der Waals surface area contributed by atoms with Gasteiger partial charge in [-0.1, -0.05) is 6.58 Å². The van der Waals surface area contributed by atoms with Gasteiger partial charge in [-0.15, -0.1) is 0 Å². The fraction of sp³-hybridized carbons (Fsp3) is 0.100. The number of methoxy groups -OCH3 is 1. The lowest BCUT2D eigenvalue weighted by atomic mass is 10.2. The number of hydrogen-bond donors (Lipinski definition) is 0. The SMILES string of the molecule is C=COc1cc(Br)c(F)cc1C(=O)OC. The van der Waals surface area contributed by atoms with Crippen LogP contribution < -0.4 is 4.74 Å². The van der Waals surface area contributed by atoms with Crippen molar-refractivity contribution in [2.24, 2.45) is 0 Å². The highest BCUT2D eigenvalue weighted by molar-refractivity contribution is 9.10. The summed E-state index contributed by atoms with van der Waals surface area (Å²) in [5.41, 5.74) is 0.0121. The molecule has 0 fully saturated rings. The number of carbonyl (C=O) groups excluding carboxylic acids is 1. The smallest absolute Gasteiger partial charge is 0.341 e. The van der Waals surface area contributed by atoms with E-state index in [1.54, 1.807) is 0 Å². The second-order valence-corrected chi connectivity index (χ2v) is 3.39. The molecule has 0 unspecified atom stereocenters. The van der Waals surface area contributed by atoms with E-state index in [1.807, 2.05) is 0 Å². The van der Waals surface area contributed by atoms with E-state index in [-0.39, 0.29) is 15.8 Å². The van der Waals surface area contributed by atoms with Crippen LogP contribution in [0.1, 0.15) is 10.4 Å². The van der Waals surface area contributed by atoms with E-state index in [0.29, 0.717) is 0 Å². The first-order valence-corrected chi connectivity index (χ1v) is 4.74. The first kappa shape index (κ1) is 11.7. The average Bonchev–Trinajstić information content (AvgIpc) is 2.22. The van der Waals surface area contributed by atoms with Gasteiger partial charge >= 0.3 is 5.97 Å². The molecule has 1 rings (SSSR count). The Kier molecular flexibility index (Phi) is 3.85. The molecular weight excluding hydrogens is 267 g/mol. The molecule has 0 amide bonds. The number of ether oxygens (including phenoxy) is 2. The molecule has 0 spiro atoms. The van der Waals surface area contributed by atoms with Crippen molar-refractivity contribution in [3.05, 3.63) is 40.8 Å². The predicted molar refractivity (Wildman–Crippen MR) is 56.3 cm³/mol. The van der Waals surface area contributed by atoms with Crippen LogP contribution in [-0.2, 0) is 4.74 Å². The molecule has 5 heteroatoms. The molecular formula is C10H8BrFO3. The Morgan fingerprint density at radius 2 is 2.27 bits per heavy atom. The third-order valence-electron chi connectivity index (χ3n) is 1.64. The summed E-state index contributed by atoms with van der Waals surface area (Å²) in [4.78, 5) is 11.3. The third kappa shape index (κ3) is 2.56. The number of carbonyl (C=O) groups is 1. The van der Waals surface area contributed by atoms with Crippen molar-refractivity contribution in [2.45, 2.75) is 0 Å². The fourth-order valence-corrected chi connectivity index (χ4v) is 1.31. The van der Waals surface area contributed by atoms with Crippen molar-refractivity contribution in [1.82, 2.24) is 0 Å². The van der Waals surface area contributed by atoms with Crippen LogP contribution in [0.25, 0.3) is 0 Å². The number of rotatable bonds is 3. The van der Waals surface area contributed by atoms with E-state index in [9.17, 15) is 9.18 Å². The Hall–Kier alpha value is -1.36. The molecule has 0 saturated carbocycles. The first-order valence-electron chi connectivity index (χ1n) is 3.95. The zero-order valence-electron chi connectivity index (χ0n) is 7.92. The Balaban J connectivity index is 3.27. The van der Waals surface area contributed by atoms with Crippen molar-refractivity contribution >= 4 is 21.9 Å². The zero-order valence-corrected chi connectivity index (χ0v) is 9.51. The van der Waals surface area contributed by atoms with Crippen LogP contribution in [0, 0.1) is 5.82 Å². The standard InChI is InChI=1S/C10H8BrFO3/c1-3-15-9-5-7(11)8(12)4-6(9)10(13)14-2/h3-5H,1H2,2H3. The van der Waals surface area contributed by atoms with E-state index in [4.69, 9.17) is 4.74 Å². The minimum absolute atomic E-state index is 0.0121. The molecule has 0 aromatic heterocycles. The van der Waals surface area contributed by atoms with Crippen molar-refractivity contribution in [2.75, 3.05) is 7.11 Å². The van der Waals surface area contributed by atoms with Gasteiger partial charge in [-0.25, -0.2) is 9.18 Å². The Bertz CT molecular complexity index is 404. The van der Waals surface area contributed by atoms with Crippen molar-refractivity contribution in [3.63, 3.8) is 0 Å². The number of halogens is 2. The van der Waals surface area contributed by atoms with Crippen LogP contribution in [0.2, 0.25) is 0 Å². The van der Waals surface area contributed by atoms with Crippen LogP contribution >= 0.6 is 15.9 Å². The first-order chi connectivity index (χ1) is 7.10. The molecule has 0 atom stereocenters. The summed E-state index contributed by atoms with van der Waals surface area (Å²) < 4.78 is 22.8. The van der Waals surface area contributed by atoms with Crippen LogP contribution in [0.4, 0.5) is 4.39 Å². The van der Waals surface area contributed by atoms with Gasteiger partial charge in [0, 0.05) is 0 Å². The number of benzene rings is 1. The largest absolute Gasteiger partial charge is 0.465 e. The van der Waals surface area contributed by atoms with Gasteiger partial charge in [0.25, 0.3) is 0 Å². The van der Waals surface area contributed by atoms with E-state index < -0.39 is 11.8 Å². The minimum Gasteiger partial charge on any atom is -0.465 e. The Morgan fingerprint density at radius 3 is 2.80 bits per heavy atom. The van der Waals surface area contributed by atoms with E-state index in [2.05, 4.69) is 27.2 Å². The van der Waals surface area contributed by atoms with Crippen LogP contribution in [0.3, 0.4) is 0 Å². The monoisotopic (exact) mass is 274 g/mol. The summed E-state index contributed by atoms with van der Waals surface area (Å²) >= 11 is 2.98. The van der Waals surface area contributed by atoms with E-state index in [0.717, 1.165) is 12.3 Å². The van der Waals surface area contributed by atoms with Gasteiger partial charge in [-0.3, -0.25) is 0 Å². The molecule has 0 N–H and O–H groups in total. The fourth-order valence-electron chi connectivity index (χ4n) is 0.985. The molecule has 1 aromatic carbocycles. The highest BCUT2D eigenvalue weighted by Crippen LogP contribution is 2.27. The van der Waals surface area contributed by atoms with E-state index >= 15 is 0 Å². The molecule has 3 nitrogen and oxygen atoms in total. The molecule has 0 aliphatic heterocycles. The van der Waals surface area contributed by atoms with Gasteiger partial charge in [-0.2, -0.15) is 0 Å². The lowest BCUT2D eigenvalue weighted by Gasteiger charge is -2.07. The average molecular weight is 275 g/mol. The highest BCUT2D eigenvalue weighted by Gasteiger charge is 2.16. The van der Waals surface area contributed by atoms with Gasteiger partial charge < -0.3 is 9.47 Å². The van der Waals surface area contributed by atoms with Gasteiger partial charge in [0.05, 0.1) is 17.8 Å². The van der Waals surface area contributed by atoms with Gasteiger partial charge in [0.1, 0.15) is 17.1 Å². The van der Waals surface area contributed by atoms with Gasteiger partial charge in [0.2, 0.25) is 0 Å². The molecule has 0 saturated heterocycles. The maximum absolute atomic E-state index is 13.2. The summed E-state index contributed by atoms with van der Waals surface area (Å²) in [6.07, 6.45) is 1.14. The number of esters is 1. The second-order valence-electron chi connectivity index (χ2n) is 2.54. The van der Waals surface area contributed by atoms with Crippen LogP contribution in [0.5, 0.6) is 5.75 Å². The van der Waals surface area contributed by atoms with Crippen molar-refractivity contribution in [1.29, 1.82) is 0 Å². The van der Waals surface area contributed by atoms with E-state index in [1.165, 1.54) is 13.2 Å². The zero-order chi connectivity index (χ0) is 11.4. The lowest BCUT2D eigenvalue weighted by Crippen LogP contribution is -2.04. The normalized spacial score (nSPS) is 9.53. The highest BCUT2D eigenvalue weighted by atomic mass is 79.9. The Labute approximate surface area is 94.6 Å². The maximum atomic E-state index is 13.2. The molecule has 0 radical (unpaired) electrons. The molecule has 0 aliphatic rings. The Morgan fingerprint density at radius 1 is 1.60 bits per heavy atom. The lowest BCUT2D eigenvalue weighted by molar-refractivity contribution is 0.0597. The predicted octanol–water partition coefficient (Wildman–Crippen LogP) is 2.90.